The standard InChI is InChI=1S/C19H18O6/c1-22-13-4-5-15-14(9-13)18(20)12(10-25-15)6-11-7-16(23-2)19(21)17(8-11)24-3/h4-9,21H,10H2,1-3H3/b12-6+. The Hall–Kier alpha value is -3.15. The normalized spacial score (nSPS) is 14.7. The molecule has 1 aliphatic rings. The second-order valence-corrected chi connectivity index (χ2v) is 5.42. The smallest absolute Gasteiger partial charge is 0.200 e. The summed E-state index contributed by atoms with van der Waals surface area (Å²) >= 11 is 0. The first-order valence-electron chi connectivity index (χ1n) is 7.58. The van der Waals surface area contributed by atoms with Crippen molar-refractivity contribution < 1.29 is 28.8 Å². The summed E-state index contributed by atoms with van der Waals surface area (Å²) in [7, 11) is 4.44. The number of ketones is 1. The Bertz CT molecular complexity index is 828. The minimum Gasteiger partial charge on any atom is -0.502 e. The number of Topliss-reactive ketones (excluding diaryl/α,β-unsaturated/α-hetero) is 1. The van der Waals surface area contributed by atoms with E-state index in [4.69, 9.17) is 18.9 Å². The summed E-state index contributed by atoms with van der Waals surface area (Å²) in [5.41, 5.74) is 1.59. The highest BCUT2D eigenvalue weighted by Crippen LogP contribution is 2.38. The van der Waals surface area contributed by atoms with E-state index >= 15 is 0 Å². The van der Waals surface area contributed by atoms with Gasteiger partial charge in [-0.2, -0.15) is 0 Å². The van der Waals surface area contributed by atoms with Gasteiger partial charge in [0.15, 0.2) is 17.3 Å². The van der Waals surface area contributed by atoms with Crippen molar-refractivity contribution in [2.45, 2.75) is 0 Å². The van der Waals surface area contributed by atoms with Gasteiger partial charge in [-0.3, -0.25) is 4.79 Å². The van der Waals surface area contributed by atoms with E-state index < -0.39 is 0 Å². The predicted molar refractivity (Wildman–Crippen MR) is 92.0 cm³/mol. The third-order valence-electron chi connectivity index (χ3n) is 3.95. The molecule has 1 N–H and O–H groups in total. The molecule has 25 heavy (non-hydrogen) atoms. The molecule has 1 aliphatic heterocycles. The Kier molecular flexibility index (Phi) is 4.52. The van der Waals surface area contributed by atoms with Crippen LogP contribution in [0.5, 0.6) is 28.7 Å². The topological polar surface area (TPSA) is 74.2 Å². The average molecular weight is 342 g/mol. The van der Waals surface area contributed by atoms with Gasteiger partial charge in [0.1, 0.15) is 18.1 Å². The summed E-state index contributed by atoms with van der Waals surface area (Å²) < 4.78 is 21.1. The van der Waals surface area contributed by atoms with Crippen molar-refractivity contribution in [3.8, 4) is 28.7 Å². The van der Waals surface area contributed by atoms with Gasteiger partial charge in [0, 0.05) is 5.57 Å². The van der Waals surface area contributed by atoms with Gasteiger partial charge in [0.05, 0.1) is 26.9 Å². The number of hydrogen-bond acceptors (Lipinski definition) is 6. The lowest BCUT2D eigenvalue weighted by Crippen LogP contribution is -2.19. The number of fused-ring (bicyclic) bond motifs is 1. The highest BCUT2D eigenvalue weighted by atomic mass is 16.5. The highest BCUT2D eigenvalue weighted by Gasteiger charge is 2.24. The van der Waals surface area contributed by atoms with E-state index in [0.717, 1.165) is 0 Å². The molecule has 0 spiro atoms. The van der Waals surface area contributed by atoms with Crippen molar-refractivity contribution in [1.82, 2.24) is 0 Å². The number of aromatic hydroxyl groups is 1. The van der Waals surface area contributed by atoms with Crippen LogP contribution in [0.15, 0.2) is 35.9 Å². The number of phenolic OH excluding ortho intramolecular Hbond substituents is 1. The zero-order valence-electron chi connectivity index (χ0n) is 14.2. The van der Waals surface area contributed by atoms with E-state index in [2.05, 4.69) is 0 Å². The van der Waals surface area contributed by atoms with Crippen LogP contribution in [-0.2, 0) is 0 Å². The van der Waals surface area contributed by atoms with Gasteiger partial charge in [0.25, 0.3) is 0 Å². The van der Waals surface area contributed by atoms with Crippen molar-refractivity contribution >= 4 is 11.9 Å². The van der Waals surface area contributed by atoms with Crippen LogP contribution in [0, 0.1) is 0 Å². The molecule has 0 aliphatic carbocycles. The Morgan fingerprint density at radius 2 is 1.72 bits per heavy atom. The molecule has 130 valence electrons. The van der Waals surface area contributed by atoms with E-state index in [1.54, 1.807) is 43.5 Å². The van der Waals surface area contributed by atoms with Gasteiger partial charge in [-0.15, -0.1) is 0 Å². The van der Waals surface area contributed by atoms with Crippen molar-refractivity contribution in [3.05, 3.63) is 47.0 Å². The lowest BCUT2D eigenvalue weighted by molar-refractivity contribution is 0.100. The summed E-state index contributed by atoms with van der Waals surface area (Å²) in [5.74, 6) is 1.42. The second-order valence-electron chi connectivity index (χ2n) is 5.42. The fraction of sp³-hybridized carbons (Fsp3) is 0.211. The molecule has 0 radical (unpaired) electrons. The predicted octanol–water partition coefficient (Wildman–Crippen LogP) is 3.08. The molecule has 0 fully saturated rings. The highest BCUT2D eigenvalue weighted by molar-refractivity contribution is 6.14. The number of phenols is 1. The van der Waals surface area contributed by atoms with Crippen LogP contribution in [0.25, 0.3) is 6.08 Å². The van der Waals surface area contributed by atoms with Gasteiger partial charge in [-0.25, -0.2) is 0 Å². The molecule has 3 rings (SSSR count). The maximum Gasteiger partial charge on any atom is 0.200 e. The Balaban J connectivity index is 2.01. The van der Waals surface area contributed by atoms with E-state index in [1.807, 2.05) is 0 Å². The average Bonchev–Trinajstić information content (AvgIpc) is 2.64. The molecular formula is C19H18O6. The van der Waals surface area contributed by atoms with Gasteiger partial charge in [0.2, 0.25) is 5.75 Å². The number of hydrogen-bond donors (Lipinski definition) is 1. The summed E-state index contributed by atoms with van der Waals surface area (Å²) in [6, 6.07) is 8.37. The van der Waals surface area contributed by atoms with Gasteiger partial charge in [-0.05, 0) is 42.0 Å². The number of rotatable bonds is 4. The number of methoxy groups -OCH3 is 3. The molecule has 0 bridgehead atoms. The molecule has 0 atom stereocenters. The fourth-order valence-electron chi connectivity index (χ4n) is 2.64. The first kappa shape index (κ1) is 16.7. The number of ether oxygens (including phenoxy) is 4. The minimum absolute atomic E-state index is 0.0894. The van der Waals surface area contributed by atoms with Crippen LogP contribution in [-0.4, -0.2) is 38.8 Å². The lowest BCUT2D eigenvalue weighted by Gasteiger charge is -2.19. The van der Waals surface area contributed by atoms with Gasteiger partial charge in [-0.1, -0.05) is 0 Å². The zero-order valence-corrected chi connectivity index (χ0v) is 14.2. The molecule has 6 nitrogen and oxygen atoms in total. The first-order valence-corrected chi connectivity index (χ1v) is 7.58. The quantitative estimate of drug-likeness (QED) is 0.861. The van der Waals surface area contributed by atoms with Crippen molar-refractivity contribution in [2.75, 3.05) is 27.9 Å². The Labute approximate surface area is 145 Å². The van der Waals surface area contributed by atoms with E-state index in [9.17, 15) is 9.90 Å². The SMILES string of the molecule is COc1ccc2c(c1)C(=O)/C(=C/c1cc(OC)c(O)c(OC)c1)CO2. The molecule has 2 aromatic rings. The summed E-state index contributed by atoms with van der Waals surface area (Å²) in [6.07, 6.45) is 1.69. The van der Waals surface area contributed by atoms with Crippen LogP contribution in [0.4, 0.5) is 0 Å². The Morgan fingerprint density at radius 1 is 1.04 bits per heavy atom. The van der Waals surface area contributed by atoms with Gasteiger partial charge < -0.3 is 24.1 Å². The number of benzene rings is 2. The molecule has 2 aromatic carbocycles. The first-order chi connectivity index (χ1) is 12.1. The third kappa shape index (κ3) is 3.10. The Morgan fingerprint density at radius 3 is 2.32 bits per heavy atom. The largest absolute Gasteiger partial charge is 0.502 e. The van der Waals surface area contributed by atoms with Crippen molar-refractivity contribution in [2.24, 2.45) is 0 Å². The summed E-state index contributed by atoms with van der Waals surface area (Å²) in [5, 5.41) is 9.98. The maximum atomic E-state index is 12.7. The maximum absolute atomic E-state index is 12.7. The van der Waals surface area contributed by atoms with Crippen LogP contribution in [0.1, 0.15) is 15.9 Å². The summed E-state index contributed by atoms with van der Waals surface area (Å²) in [4.78, 5) is 12.7. The van der Waals surface area contributed by atoms with Crippen LogP contribution in [0.3, 0.4) is 0 Å². The molecule has 1 heterocycles. The van der Waals surface area contributed by atoms with E-state index in [-0.39, 0.29) is 29.6 Å². The molecular weight excluding hydrogens is 324 g/mol. The van der Waals surface area contributed by atoms with E-state index in [1.165, 1.54) is 14.2 Å². The molecule has 0 unspecified atom stereocenters. The number of carbonyl (C=O) groups is 1. The molecule has 0 aromatic heterocycles. The lowest BCUT2D eigenvalue weighted by atomic mass is 9.98. The van der Waals surface area contributed by atoms with Gasteiger partial charge >= 0.3 is 0 Å². The van der Waals surface area contributed by atoms with Crippen LogP contribution < -0.4 is 18.9 Å². The molecule has 0 saturated heterocycles. The second kappa shape index (κ2) is 6.76. The van der Waals surface area contributed by atoms with Crippen molar-refractivity contribution in [3.63, 3.8) is 0 Å². The summed E-state index contributed by atoms with van der Waals surface area (Å²) in [6.45, 7) is 0.156. The van der Waals surface area contributed by atoms with Crippen LogP contribution >= 0.6 is 0 Å². The minimum atomic E-state index is -0.133. The fourth-order valence-corrected chi connectivity index (χ4v) is 2.64. The van der Waals surface area contributed by atoms with E-state index in [0.29, 0.717) is 28.2 Å². The molecule has 0 amide bonds. The monoisotopic (exact) mass is 342 g/mol. The van der Waals surface area contributed by atoms with Crippen molar-refractivity contribution in [1.29, 1.82) is 0 Å². The molecule has 6 heteroatoms. The third-order valence-corrected chi connectivity index (χ3v) is 3.95. The van der Waals surface area contributed by atoms with Crippen LogP contribution in [0.2, 0.25) is 0 Å². The zero-order chi connectivity index (χ0) is 18.0. The molecule has 0 saturated carbocycles. The number of carbonyl (C=O) groups excluding carboxylic acids is 1.